The second kappa shape index (κ2) is 33.9. The summed E-state index contributed by atoms with van der Waals surface area (Å²) in [6.45, 7) is 18.6. The second-order valence-corrected chi connectivity index (χ2v) is 10.3. The van der Waals surface area contributed by atoms with Crippen molar-refractivity contribution < 1.29 is 0 Å². The summed E-state index contributed by atoms with van der Waals surface area (Å²) < 4.78 is 0. The third-order valence-electron chi connectivity index (χ3n) is 5.30. The predicted molar refractivity (Wildman–Crippen MR) is 168 cm³/mol. The van der Waals surface area contributed by atoms with Crippen LogP contribution in [-0.4, -0.2) is 24.7 Å². The van der Waals surface area contributed by atoms with Gasteiger partial charge in [-0.05, 0) is 72.0 Å². The highest BCUT2D eigenvalue weighted by molar-refractivity contribution is 4.95. The molecule has 226 valence electrons. The van der Waals surface area contributed by atoms with Gasteiger partial charge in [0.15, 0.2) is 0 Å². The van der Waals surface area contributed by atoms with Crippen LogP contribution >= 0.6 is 0 Å². The molecule has 0 saturated carbocycles. The summed E-state index contributed by atoms with van der Waals surface area (Å²) in [6.07, 6.45) is 9.37. The lowest BCUT2D eigenvalue weighted by Crippen LogP contribution is -2.11. The predicted octanol–water partition coefficient (Wildman–Crippen LogP) is 10.4. The molecule has 0 aliphatic carbocycles. The van der Waals surface area contributed by atoms with Crippen LogP contribution in [0.5, 0.6) is 0 Å². The van der Waals surface area contributed by atoms with Crippen LogP contribution in [0, 0.1) is 59.2 Å². The molecule has 0 aliphatic rings. The van der Waals surface area contributed by atoms with Crippen molar-refractivity contribution in [1.29, 1.82) is 5.26 Å². The van der Waals surface area contributed by atoms with Gasteiger partial charge in [0.05, 0.1) is 6.07 Å². The molecule has 0 aliphatic heterocycles. The molecule has 0 aromatic carbocycles. The topological polar surface area (TPSA) is 219 Å². The Hall–Kier alpha value is -4.15. The van der Waals surface area contributed by atoms with Gasteiger partial charge in [0.25, 0.3) is 0 Å². The number of terminal acetylenes is 1. The van der Waals surface area contributed by atoms with Gasteiger partial charge in [0.1, 0.15) is 0 Å². The molecule has 0 bridgehead atoms. The number of nitriles is 1. The van der Waals surface area contributed by atoms with Gasteiger partial charge in [0.2, 0.25) is 0 Å². The van der Waals surface area contributed by atoms with Crippen LogP contribution in [0.4, 0.5) is 0 Å². The maximum absolute atomic E-state index is 8.28. The monoisotopic (exact) mass is 567 g/mol. The Morgan fingerprint density at radius 1 is 0.659 bits per heavy atom. The summed E-state index contributed by atoms with van der Waals surface area (Å²) in [5, 5.41) is 22.6. The van der Waals surface area contributed by atoms with E-state index in [2.05, 4.69) is 71.7 Å². The average Bonchev–Trinajstić information content (AvgIpc) is 2.92. The molecule has 3 unspecified atom stereocenters. The Bertz CT molecular complexity index is 939. The van der Waals surface area contributed by atoms with Gasteiger partial charge in [-0.3, -0.25) is 0 Å². The van der Waals surface area contributed by atoms with Gasteiger partial charge >= 0.3 is 0 Å². The van der Waals surface area contributed by atoms with E-state index >= 15 is 0 Å². The lowest BCUT2D eigenvalue weighted by atomic mass is 10.0. The zero-order valence-corrected chi connectivity index (χ0v) is 26.4. The molecule has 0 heterocycles. The Balaban J connectivity index is -0.000000226. The van der Waals surface area contributed by atoms with Gasteiger partial charge in [0, 0.05) is 63.6 Å². The van der Waals surface area contributed by atoms with E-state index in [-0.39, 0.29) is 18.1 Å². The molecule has 0 spiro atoms. The van der Waals surface area contributed by atoms with Crippen LogP contribution in [0.1, 0.15) is 101 Å². The third kappa shape index (κ3) is 35.9. The van der Waals surface area contributed by atoms with Crippen LogP contribution < -0.4 is 0 Å². The molecule has 0 saturated heterocycles. The van der Waals surface area contributed by atoms with Crippen LogP contribution in [0.15, 0.2) is 20.5 Å². The molecule has 13 nitrogen and oxygen atoms in total. The number of hydrogen-bond acceptors (Lipinski definition) is 5. The van der Waals surface area contributed by atoms with Crippen molar-refractivity contribution in [1.82, 2.24) is 0 Å². The summed E-state index contributed by atoms with van der Waals surface area (Å²) in [6, 6.07) is 2.15. The van der Waals surface area contributed by atoms with Crippen molar-refractivity contribution in [2.45, 2.75) is 119 Å². The van der Waals surface area contributed by atoms with Gasteiger partial charge in [-0.15, -0.1) is 24.2 Å². The first-order valence-corrected chi connectivity index (χ1v) is 13.8. The number of hydrogen-bond donors (Lipinski definition) is 0. The minimum absolute atomic E-state index is 0.0281. The highest BCUT2D eigenvalue weighted by atomic mass is 15.2. The largest absolute Gasteiger partial charge is 0.198 e. The van der Waals surface area contributed by atoms with Gasteiger partial charge < -0.3 is 0 Å². The lowest BCUT2D eigenvalue weighted by Gasteiger charge is -2.12. The maximum atomic E-state index is 8.28. The molecule has 3 atom stereocenters. The molecule has 0 amide bonds. The second-order valence-electron chi connectivity index (χ2n) is 10.3. The zero-order chi connectivity index (χ0) is 32.5. The average molecular weight is 568 g/mol. The summed E-state index contributed by atoms with van der Waals surface area (Å²) >= 11 is 0. The van der Waals surface area contributed by atoms with E-state index in [1.807, 2.05) is 54.5 Å². The highest BCUT2D eigenvalue weighted by Gasteiger charge is 2.10. The molecule has 0 rings (SSSR count). The smallest absolute Gasteiger partial charge is 0.0621 e. The molecule has 0 aromatic rings. The summed E-state index contributed by atoms with van der Waals surface area (Å²) in [5.74, 6) is 9.88. The Morgan fingerprint density at radius 2 is 1.05 bits per heavy atom. The highest BCUT2D eigenvalue weighted by Crippen LogP contribution is 2.13. The lowest BCUT2D eigenvalue weighted by molar-refractivity contribution is 0.467. The molecule has 0 radical (unpaired) electrons. The van der Waals surface area contributed by atoms with E-state index in [0.29, 0.717) is 49.5 Å². The van der Waals surface area contributed by atoms with E-state index in [0.717, 1.165) is 19.3 Å². The van der Waals surface area contributed by atoms with Crippen molar-refractivity contribution in [3.63, 3.8) is 0 Å². The Morgan fingerprint density at radius 3 is 1.29 bits per heavy atom. The van der Waals surface area contributed by atoms with Crippen LogP contribution in [0.25, 0.3) is 41.8 Å². The first-order chi connectivity index (χ1) is 19.4. The molecule has 0 fully saturated rings. The fourth-order valence-corrected chi connectivity index (χ4v) is 2.76. The standard InChI is InChI=1S/C9H15N3.C8H13N3.C7H12N4.C4H9N3/c1-4-5-6-7-9(8(2)3)11-12-10;1-4-5-6-8(7(2)3)10-11-9;1-6(2)7(10-11-9)4-3-5-8;1-4(2)3-6-7-5/h8-9H,6-7H2,1-3H3;1,7-8H,5-6H2,2-3H3;6-7H,3-4H2,1-2H3;4H,3H2,1-2H3. The SMILES string of the molecule is C#CCCC(N=[N+]=[N-])C(C)C.CC#CCCC(N=[N+]=[N-])C(C)C.CC(C)C(CCC#N)N=[N+]=[N-].CC(C)CN=[N+]=[N-]. The van der Waals surface area contributed by atoms with Crippen molar-refractivity contribution in [2.75, 3.05) is 6.54 Å². The number of nitrogens with zero attached hydrogens (tertiary/aromatic N) is 13. The van der Waals surface area contributed by atoms with Crippen LogP contribution in [0.3, 0.4) is 0 Å². The quantitative estimate of drug-likeness (QED) is 0.0849. The first kappa shape index (κ1) is 43.9. The normalized spacial score (nSPS) is 11.1. The minimum atomic E-state index is -0.0281. The molecule has 41 heavy (non-hydrogen) atoms. The van der Waals surface area contributed by atoms with Crippen molar-refractivity contribution >= 4 is 0 Å². The van der Waals surface area contributed by atoms with Crippen molar-refractivity contribution in [3.8, 4) is 30.3 Å². The van der Waals surface area contributed by atoms with Gasteiger partial charge in [-0.2, -0.15) is 5.26 Å². The molecule has 0 N–H and O–H groups in total. The van der Waals surface area contributed by atoms with Gasteiger partial charge in [-0.1, -0.05) is 75.8 Å². The first-order valence-electron chi connectivity index (χ1n) is 13.8. The molecule has 13 heteroatoms. The van der Waals surface area contributed by atoms with Gasteiger partial charge in [-0.25, -0.2) is 0 Å². The molecular formula is C28H49N13. The summed E-state index contributed by atoms with van der Waals surface area (Å²) in [7, 11) is 0. The summed E-state index contributed by atoms with van der Waals surface area (Å²) in [5.41, 5.74) is 32.4. The zero-order valence-electron chi connectivity index (χ0n) is 26.4. The van der Waals surface area contributed by atoms with Crippen molar-refractivity contribution in [2.24, 2.45) is 44.1 Å². The van der Waals surface area contributed by atoms with E-state index in [1.165, 1.54) is 0 Å². The third-order valence-corrected chi connectivity index (χ3v) is 5.30. The number of rotatable bonds is 14. The Kier molecular flexibility index (Phi) is 36.3. The minimum Gasteiger partial charge on any atom is -0.198 e. The Labute approximate surface area is 247 Å². The number of azide groups is 4. The van der Waals surface area contributed by atoms with E-state index in [4.69, 9.17) is 33.8 Å². The van der Waals surface area contributed by atoms with Crippen LogP contribution in [-0.2, 0) is 0 Å². The fourth-order valence-electron chi connectivity index (χ4n) is 2.76. The summed E-state index contributed by atoms with van der Waals surface area (Å²) in [4.78, 5) is 10.9. The molecule has 0 aromatic heterocycles. The van der Waals surface area contributed by atoms with E-state index < -0.39 is 0 Å². The van der Waals surface area contributed by atoms with E-state index in [1.54, 1.807) is 0 Å². The van der Waals surface area contributed by atoms with Crippen molar-refractivity contribution in [3.05, 3.63) is 41.8 Å². The van der Waals surface area contributed by atoms with Crippen LogP contribution in [0.2, 0.25) is 0 Å². The fraction of sp³-hybridized carbons (Fsp3) is 0.821. The molecular weight excluding hydrogens is 518 g/mol. The maximum Gasteiger partial charge on any atom is 0.0621 e. The van der Waals surface area contributed by atoms with E-state index in [9.17, 15) is 0 Å².